The molecule has 2 aromatic carbocycles. The van der Waals surface area contributed by atoms with Crippen LogP contribution in [0.4, 0.5) is 13.2 Å². The summed E-state index contributed by atoms with van der Waals surface area (Å²) in [5, 5.41) is 9.54. The zero-order valence-electron chi connectivity index (χ0n) is 17.9. The van der Waals surface area contributed by atoms with Crippen LogP contribution in [0, 0.1) is 6.92 Å². The summed E-state index contributed by atoms with van der Waals surface area (Å²) in [6.45, 7) is 0.633. The van der Waals surface area contributed by atoms with Crippen LogP contribution < -0.4 is 10.3 Å². The van der Waals surface area contributed by atoms with Gasteiger partial charge in [0.15, 0.2) is 5.16 Å². The van der Waals surface area contributed by atoms with Crippen LogP contribution >= 0.6 is 11.8 Å². The zero-order valence-corrected chi connectivity index (χ0v) is 18.7. The van der Waals surface area contributed by atoms with Crippen molar-refractivity contribution in [2.75, 3.05) is 26.1 Å². The Morgan fingerprint density at radius 1 is 1.12 bits per heavy atom. The molecule has 2 aromatic heterocycles. The van der Waals surface area contributed by atoms with E-state index in [0.717, 1.165) is 5.56 Å². The fourth-order valence-corrected chi connectivity index (χ4v) is 4.33. The van der Waals surface area contributed by atoms with Crippen molar-refractivity contribution in [2.24, 2.45) is 0 Å². The minimum Gasteiger partial charge on any atom is -0.495 e. The summed E-state index contributed by atoms with van der Waals surface area (Å²) in [6.07, 6.45) is -3.94. The molecule has 0 atom stereocenters. The monoisotopic (exact) mass is 478 g/mol. The number of aryl methyl sites for hydroxylation is 1. The van der Waals surface area contributed by atoms with Crippen LogP contribution in [0.3, 0.4) is 0 Å². The van der Waals surface area contributed by atoms with Crippen LogP contribution in [0.2, 0.25) is 0 Å². The van der Waals surface area contributed by atoms with Gasteiger partial charge < -0.3 is 9.47 Å². The molecule has 0 saturated carbocycles. The Morgan fingerprint density at radius 2 is 1.91 bits per heavy atom. The summed E-state index contributed by atoms with van der Waals surface area (Å²) in [5.74, 6) is 1.30. The van der Waals surface area contributed by atoms with Gasteiger partial charge >= 0.3 is 6.18 Å². The molecule has 0 aliphatic carbocycles. The molecule has 11 heteroatoms. The van der Waals surface area contributed by atoms with Crippen molar-refractivity contribution >= 4 is 28.4 Å². The second-order valence-electron chi connectivity index (χ2n) is 7.32. The van der Waals surface area contributed by atoms with Gasteiger partial charge in [-0.15, -0.1) is 10.2 Å². The molecule has 0 saturated heterocycles. The van der Waals surface area contributed by atoms with Crippen molar-refractivity contribution in [1.29, 1.82) is 0 Å². The van der Waals surface area contributed by atoms with Gasteiger partial charge in [0.2, 0.25) is 5.78 Å². The van der Waals surface area contributed by atoms with Crippen LogP contribution in [0.25, 0.3) is 22.4 Å². The SMILES string of the molecule is COc1ccc(C)cc1-n1c(=O)c2ccccc2n2c(SCCCOCC(F)(F)F)nnc12. The molecule has 0 amide bonds. The molecule has 0 aliphatic heterocycles. The molecule has 0 spiro atoms. The third-order valence-electron chi connectivity index (χ3n) is 4.90. The maximum absolute atomic E-state index is 13.5. The number of halogens is 3. The number of rotatable bonds is 8. The molecular formula is C22H21F3N4O3S. The number of alkyl halides is 3. The Hall–Kier alpha value is -3.05. The Bertz CT molecular complexity index is 1350. The number of para-hydroxylation sites is 1. The van der Waals surface area contributed by atoms with Crippen molar-refractivity contribution in [2.45, 2.75) is 24.7 Å². The van der Waals surface area contributed by atoms with Crippen LogP contribution in [0.5, 0.6) is 5.75 Å². The first-order chi connectivity index (χ1) is 15.8. The van der Waals surface area contributed by atoms with Crippen molar-refractivity contribution in [3.05, 3.63) is 58.4 Å². The Kier molecular flexibility index (Phi) is 6.61. The normalized spacial score (nSPS) is 12.0. The topological polar surface area (TPSA) is 70.7 Å². The van der Waals surface area contributed by atoms with Gasteiger partial charge in [-0.25, -0.2) is 4.57 Å². The molecule has 174 valence electrons. The Morgan fingerprint density at radius 3 is 2.67 bits per heavy atom. The molecule has 0 N–H and O–H groups in total. The van der Waals surface area contributed by atoms with E-state index < -0.39 is 12.8 Å². The predicted octanol–water partition coefficient (Wildman–Crippen LogP) is 4.41. The van der Waals surface area contributed by atoms with Crippen LogP contribution in [-0.4, -0.2) is 51.4 Å². The van der Waals surface area contributed by atoms with Gasteiger partial charge in [-0.05, 0) is 43.2 Å². The van der Waals surface area contributed by atoms with E-state index >= 15 is 0 Å². The highest BCUT2D eigenvalue weighted by molar-refractivity contribution is 7.99. The standard InChI is InChI=1S/C22H21F3N4O3S/c1-14-8-9-18(31-2)17(12-14)28-19(30)15-6-3-4-7-16(15)29-20(28)26-27-21(29)33-11-5-10-32-13-22(23,24)25/h3-4,6-9,12H,5,10-11,13H2,1-2H3. The van der Waals surface area contributed by atoms with Crippen molar-refractivity contribution in [3.63, 3.8) is 0 Å². The van der Waals surface area contributed by atoms with Gasteiger partial charge in [-0.1, -0.05) is 30.0 Å². The number of fused-ring (bicyclic) bond motifs is 3. The minimum atomic E-state index is -4.34. The second-order valence-corrected chi connectivity index (χ2v) is 8.38. The molecule has 2 heterocycles. The molecule has 4 rings (SSSR count). The average Bonchev–Trinajstić information content (AvgIpc) is 3.19. The van der Waals surface area contributed by atoms with Crippen LogP contribution in [0.1, 0.15) is 12.0 Å². The smallest absolute Gasteiger partial charge is 0.411 e. The first-order valence-corrected chi connectivity index (χ1v) is 11.1. The quantitative estimate of drug-likeness (QED) is 0.276. The summed E-state index contributed by atoms with van der Waals surface area (Å²) in [7, 11) is 1.53. The molecule has 0 bridgehead atoms. The lowest BCUT2D eigenvalue weighted by molar-refractivity contribution is -0.173. The van der Waals surface area contributed by atoms with E-state index in [1.807, 2.05) is 25.1 Å². The molecule has 0 fully saturated rings. The summed E-state index contributed by atoms with van der Waals surface area (Å²) >= 11 is 1.33. The number of nitrogens with zero attached hydrogens (tertiary/aromatic N) is 4. The number of hydrogen-bond acceptors (Lipinski definition) is 6. The molecule has 0 unspecified atom stereocenters. The highest BCUT2D eigenvalue weighted by Gasteiger charge is 2.27. The lowest BCUT2D eigenvalue weighted by Gasteiger charge is -2.14. The number of aromatic nitrogens is 4. The largest absolute Gasteiger partial charge is 0.495 e. The molecule has 33 heavy (non-hydrogen) atoms. The van der Waals surface area contributed by atoms with Gasteiger partial charge in [-0.3, -0.25) is 9.20 Å². The predicted molar refractivity (Wildman–Crippen MR) is 120 cm³/mol. The summed E-state index contributed by atoms with van der Waals surface area (Å²) in [6, 6.07) is 12.7. The summed E-state index contributed by atoms with van der Waals surface area (Å²) in [5.41, 5.74) is 1.87. The minimum absolute atomic E-state index is 0.0187. The van der Waals surface area contributed by atoms with Crippen LogP contribution in [-0.2, 0) is 4.74 Å². The first kappa shape index (κ1) is 23.1. The summed E-state index contributed by atoms with van der Waals surface area (Å²) < 4.78 is 50.0. The van der Waals surface area contributed by atoms with Gasteiger partial charge in [0.1, 0.15) is 12.4 Å². The van der Waals surface area contributed by atoms with Crippen molar-refractivity contribution < 1.29 is 22.6 Å². The van der Waals surface area contributed by atoms with Gasteiger partial charge in [-0.2, -0.15) is 13.2 Å². The molecule has 4 aromatic rings. The highest BCUT2D eigenvalue weighted by atomic mass is 32.2. The number of benzene rings is 2. The maximum Gasteiger partial charge on any atom is 0.411 e. The van der Waals surface area contributed by atoms with E-state index in [1.54, 1.807) is 28.7 Å². The number of hydrogen-bond donors (Lipinski definition) is 0. The van der Waals surface area contributed by atoms with E-state index in [2.05, 4.69) is 14.9 Å². The van der Waals surface area contributed by atoms with Gasteiger partial charge in [0.25, 0.3) is 5.56 Å². The van der Waals surface area contributed by atoms with Gasteiger partial charge in [0.05, 0.1) is 23.7 Å². The van der Waals surface area contributed by atoms with E-state index in [4.69, 9.17) is 4.74 Å². The molecule has 0 aliphatic rings. The average molecular weight is 478 g/mol. The molecular weight excluding hydrogens is 457 g/mol. The van der Waals surface area contributed by atoms with E-state index in [-0.39, 0.29) is 12.2 Å². The van der Waals surface area contributed by atoms with Crippen molar-refractivity contribution in [1.82, 2.24) is 19.2 Å². The third-order valence-corrected chi connectivity index (χ3v) is 5.92. The lowest BCUT2D eigenvalue weighted by atomic mass is 10.2. The fraction of sp³-hybridized carbons (Fsp3) is 0.318. The van der Waals surface area contributed by atoms with Crippen LogP contribution in [0.15, 0.2) is 52.4 Å². The summed E-state index contributed by atoms with van der Waals surface area (Å²) in [4.78, 5) is 13.5. The lowest BCUT2D eigenvalue weighted by Crippen LogP contribution is -2.22. The maximum atomic E-state index is 13.5. The molecule has 0 radical (unpaired) electrons. The van der Waals surface area contributed by atoms with E-state index in [1.165, 1.54) is 23.4 Å². The number of ether oxygens (including phenoxy) is 2. The van der Waals surface area contributed by atoms with E-state index in [0.29, 0.717) is 45.4 Å². The number of thioether (sulfide) groups is 1. The zero-order chi connectivity index (χ0) is 23.6. The third kappa shape index (κ3) is 4.83. The van der Waals surface area contributed by atoms with Crippen molar-refractivity contribution in [3.8, 4) is 11.4 Å². The Labute approximate surface area is 191 Å². The van der Waals surface area contributed by atoms with E-state index in [9.17, 15) is 18.0 Å². The first-order valence-electron chi connectivity index (χ1n) is 10.1. The van der Waals surface area contributed by atoms with Gasteiger partial charge in [0, 0.05) is 12.4 Å². The second kappa shape index (κ2) is 9.44. The highest BCUT2D eigenvalue weighted by Crippen LogP contribution is 2.28. The fourth-order valence-electron chi connectivity index (χ4n) is 3.48. The number of methoxy groups -OCH3 is 1. The molecule has 7 nitrogen and oxygen atoms in total. The Balaban J connectivity index is 1.74.